The second-order valence-electron chi connectivity index (χ2n) is 4.94. The minimum absolute atomic E-state index is 0.0405. The van der Waals surface area contributed by atoms with Crippen LogP contribution in [0, 0.1) is 0 Å². The lowest BCUT2D eigenvalue weighted by atomic mass is 9.97. The van der Waals surface area contributed by atoms with Crippen LogP contribution < -0.4 is 9.47 Å². The van der Waals surface area contributed by atoms with E-state index in [1.165, 1.54) is 38.5 Å². The molecule has 25 heavy (non-hydrogen) atoms. The fourth-order valence-electron chi connectivity index (χ4n) is 2.16. The third-order valence-corrected chi connectivity index (χ3v) is 3.28. The van der Waals surface area contributed by atoms with Gasteiger partial charge >= 0.3 is 5.97 Å². The van der Waals surface area contributed by atoms with Crippen LogP contribution in [0.2, 0.25) is 0 Å². The first-order valence-corrected chi connectivity index (χ1v) is 7.33. The standard InChI is InChI=1S/C18H18O7/c1-22-10-24-12-7-8-15(16(9-12)25-11-23-2)17(19)13-5-3-4-6-14(13)18(20)21/h3-9H,10-11H2,1-2H3,(H,20,21). The lowest BCUT2D eigenvalue weighted by Gasteiger charge is -2.13. The maximum Gasteiger partial charge on any atom is 0.336 e. The van der Waals surface area contributed by atoms with Crippen LogP contribution >= 0.6 is 0 Å². The zero-order valence-electron chi connectivity index (χ0n) is 13.9. The van der Waals surface area contributed by atoms with Gasteiger partial charge in [-0.2, -0.15) is 0 Å². The number of carboxylic acid groups (broad SMARTS) is 1. The fraction of sp³-hybridized carbons (Fsp3) is 0.222. The minimum Gasteiger partial charge on any atom is -0.478 e. The molecular weight excluding hydrogens is 328 g/mol. The van der Waals surface area contributed by atoms with Crippen LogP contribution in [0.25, 0.3) is 0 Å². The molecule has 2 rings (SSSR count). The summed E-state index contributed by atoms with van der Waals surface area (Å²) in [6, 6.07) is 10.6. The van der Waals surface area contributed by atoms with Crippen molar-refractivity contribution in [1.82, 2.24) is 0 Å². The number of ether oxygens (including phenoxy) is 4. The third-order valence-electron chi connectivity index (χ3n) is 3.28. The molecule has 0 radical (unpaired) electrons. The molecule has 0 aliphatic heterocycles. The molecule has 0 atom stereocenters. The number of aromatic carboxylic acids is 1. The predicted octanol–water partition coefficient (Wildman–Crippen LogP) is 2.58. The predicted molar refractivity (Wildman–Crippen MR) is 88.3 cm³/mol. The van der Waals surface area contributed by atoms with Crippen molar-refractivity contribution in [1.29, 1.82) is 0 Å². The summed E-state index contributed by atoms with van der Waals surface area (Å²) in [6.45, 7) is -0.0343. The number of hydrogen-bond acceptors (Lipinski definition) is 6. The number of hydrogen-bond donors (Lipinski definition) is 1. The van der Waals surface area contributed by atoms with Gasteiger partial charge in [0.2, 0.25) is 0 Å². The summed E-state index contributed by atoms with van der Waals surface area (Å²) in [4.78, 5) is 24.2. The van der Waals surface area contributed by atoms with Gasteiger partial charge in [-0.25, -0.2) is 4.79 Å². The molecule has 0 spiro atoms. The van der Waals surface area contributed by atoms with Gasteiger partial charge in [0.05, 0.1) is 11.1 Å². The van der Waals surface area contributed by atoms with E-state index in [2.05, 4.69) is 0 Å². The van der Waals surface area contributed by atoms with Gasteiger partial charge < -0.3 is 24.1 Å². The normalized spacial score (nSPS) is 10.3. The summed E-state index contributed by atoms with van der Waals surface area (Å²) < 4.78 is 20.5. The third kappa shape index (κ3) is 4.56. The molecule has 2 aromatic carbocycles. The minimum atomic E-state index is -1.18. The number of carboxylic acids is 1. The number of carbonyl (C=O) groups excluding carboxylic acids is 1. The van der Waals surface area contributed by atoms with Crippen molar-refractivity contribution >= 4 is 11.8 Å². The highest BCUT2D eigenvalue weighted by Gasteiger charge is 2.21. The summed E-state index contributed by atoms with van der Waals surface area (Å²) in [6.07, 6.45) is 0. The second kappa shape index (κ2) is 8.81. The SMILES string of the molecule is COCOc1ccc(C(=O)c2ccccc2C(=O)O)c(OCOC)c1. The maximum atomic E-state index is 12.8. The Labute approximate surface area is 144 Å². The van der Waals surface area contributed by atoms with Crippen LogP contribution in [0.1, 0.15) is 26.3 Å². The summed E-state index contributed by atoms with van der Waals surface area (Å²) >= 11 is 0. The van der Waals surface area contributed by atoms with Crippen LogP contribution in [0.15, 0.2) is 42.5 Å². The van der Waals surface area contributed by atoms with E-state index < -0.39 is 11.8 Å². The molecule has 0 aromatic heterocycles. The lowest BCUT2D eigenvalue weighted by molar-refractivity contribution is 0.0455. The van der Waals surface area contributed by atoms with Crippen molar-refractivity contribution in [3.63, 3.8) is 0 Å². The first kappa shape index (κ1) is 18.4. The van der Waals surface area contributed by atoms with Crippen LogP contribution in [-0.2, 0) is 9.47 Å². The van der Waals surface area contributed by atoms with E-state index in [0.29, 0.717) is 5.75 Å². The molecule has 0 heterocycles. The number of methoxy groups -OCH3 is 2. The summed E-state index contributed by atoms with van der Waals surface area (Å²) in [5, 5.41) is 9.28. The second-order valence-corrected chi connectivity index (χ2v) is 4.94. The number of rotatable bonds is 9. The van der Waals surface area contributed by atoms with Gasteiger partial charge in [-0.15, -0.1) is 0 Å². The Morgan fingerprint density at radius 1 is 0.880 bits per heavy atom. The van der Waals surface area contributed by atoms with E-state index >= 15 is 0 Å². The van der Waals surface area contributed by atoms with Gasteiger partial charge in [-0.3, -0.25) is 4.79 Å². The number of benzene rings is 2. The molecule has 0 saturated carbocycles. The highest BCUT2D eigenvalue weighted by molar-refractivity contribution is 6.15. The molecule has 0 aliphatic rings. The van der Waals surface area contributed by atoms with Gasteiger partial charge in [0.15, 0.2) is 19.4 Å². The van der Waals surface area contributed by atoms with E-state index in [0.717, 1.165) is 0 Å². The molecule has 0 fully saturated rings. The van der Waals surface area contributed by atoms with E-state index in [1.807, 2.05) is 0 Å². The topological polar surface area (TPSA) is 91.3 Å². The van der Waals surface area contributed by atoms with Gasteiger partial charge in [0, 0.05) is 25.8 Å². The number of ketones is 1. The molecule has 0 unspecified atom stereocenters. The molecule has 0 aliphatic carbocycles. The molecule has 132 valence electrons. The van der Waals surface area contributed by atoms with Crippen molar-refractivity contribution in [2.24, 2.45) is 0 Å². The van der Waals surface area contributed by atoms with Gasteiger partial charge in [-0.1, -0.05) is 18.2 Å². The molecule has 0 saturated heterocycles. The Morgan fingerprint density at radius 3 is 2.16 bits per heavy atom. The van der Waals surface area contributed by atoms with Crippen LogP contribution in [0.4, 0.5) is 0 Å². The smallest absolute Gasteiger partial charge is 0.336 e. The average molecular weight is 346 g/mol. The van der Waals surface area contributed by atoms with Crippen LogP contribution in [0.3, 0.4) is 0 Å². The van der Waals surface area contributed by atoms with Crippen molar-refractivity contribution in [3.8, 4) is 11.5 Å². The Kier molecular flexibility index (Phi) is 6.50. The van der Waals surface area contributed by atoms with Crippen molar-refractivity contribution in [2.45, 2.75) is 0 Å². The van der Waals surface area contributed by atoms with E-state index in [1.54, 1.807) is 18.2 Å². The Morgan fingerprint density at radius 2 is 1.52 bits per heavy atom. The highest BCUT2D eigenvalue weighted by atomic mass is 16.7. The van der Waals surface area contributed by atoms with Gasteiger partial charge in [0.1, 0.15) is 11.5 Å². The molecule has 7 heteroatoms. The Bertz CT molecular complexity index is 755. The summed E-state index contributed by atoms with van der Waals surface area (Å²) in [7, 11) is 2.94. The van der Waals surface area contributed by atoms with E-state index in [4.69, 9.17) is 18.9 Å². The quantitative estimate of drug-likeness (QED) is 0.551. The van der Waals surface area contributed by atoms with Gasteiger partial charge in [0.25, 0.3) is 0 Å². The molecule has 1 N–H and O–H groups in total. The average Bonchev–Trinajstić information content (AvgIpc) is 2.64. The fourth-order valence-corrected chi connectivity index (χ4v) is 2.16. The largest absolute Gasteiger partial charge is 0.478 e. The monoisotopic (exact) mass is 346 g/mol. The molecular formula is C18H18O7. The first-order valence-electron chi connectivity index (χ1n) is 7.33. The Hall–Kier alpha value is -2.90. The summed E-state index contributed by atoms with van der Waals surface area (Å²) in [5.74, 6) is -0.984. The number of carbonyl (C=O) groups is 2. The molecule has 0 amide bonds. The maximum absolute atomic E-state index is 12.8. The molecule has 0 bridgehead atoms. The molecule has 2 aromatic rings. The van der Waals surface area contributed by atoms with Crippen LogP contribution in [0.5, 0.6) is 11.5 Å². The van der Waals surface area contributed by atoms with E-state index in [9.17, 15) is 14.7 Å². The van der Waals surface area contributed by atoms with Gasteiger partial charge in [-0.05, 0) is 18.2 Å². The van der Waals surface area contributed by atoms with Crippen LogP contribution in [-0.4, -0.2) is 44.7 Å². The zero-order valence-corrected chi connectivity index (χ0v) is 13.9. The summed E-state index contributed by atoms with van der Waals surface area (Å²) in [5.41, 5.74) is 0.197. The van der Waals surface area contributed by atoms with Crippen molar-refractivity contribution in [2.75, 3.05) is 27.8 Å². The zero-order chi connectivity index (χ0) is 18.2. The van der Waals surface area contributed by atoms with Crippen molar-refractivity contribution in [3.05, 3.63) is 59.2 Å². The lowest BCUT2D eigenvalue weighted by Crippen LogP contribution is -2.12. The van der Waals surface area contributed by atoms with Crippen molar-refractivity contribution < 1.29 is 33.6 Å². The van der Waals surface area contributed by atoms with E-state index in [-0.39, 0.29) is 36.0 Å². The Balaban J connectivity index is 2.42. The highest BCUT2D eigenvalue weighted by Crippen LogP contribution is 2.28. The molecule has 7 nitrogen and oxygen atoms in total. The first-order chi connectivity index (χ1) is 12.1.